The van der Waals surface area contributed by atoms with Gasteiger partial charge in [-0.2, -0.15) is 0 Å². The topological polar surface area (TPSA) is 49.8 Å². The molecule has 4 nitrogen and oxygen atoms in total. The van der Waals surface area contributed by atoms with E-state index < -0.39 is 5.82 Å². The third-order valence-electron chi connectivity index (χ3n) is 3.18. The Kier molecular flexibility index (Phi) is 5.73. The molecule has 0 aliphatic carbocycles. The van der Waals surface area contributed by atoms with E-state index in [-0.39, 0.29) is 18.1 Å². The summed E-state index contributed by atoms with van der Waals surface area (Å²) in [5, 5.41) is 8.75. The van der Waals surface area contributed by atoms with Gasteiger partial charge in [-0.25, -0.2) is 4.39 Å². The molecule has 2 rings (SSSR count). The number of hydrogen-bond acceptors (Lipinski definition) is 3. The molecule has 112 valence electrons. The van der Waals surface area contributed by atoms with E-state index in [1.54, 1.807) is 4.90 Å². The van der Waals surface area contributed by atoms with E-state index in [1.165, 1.54) is 18.2 Å². The molecule has 1 aliphatic rings. The van der Waals surface area contributed by atoms with Crippen molar-refractivity contribution in [2.45, 2.75) is 12.8 Å². The van der Waals surface area contributed by atoms with Crippen LogP contribution in [0.5, 0.6) is 0 Å². The first-order valence-corrected chi connectivity index (χ1v) is 6.98. The number of carbonyl (C=O) groups is 1. The Morgan fingerprint density at radius 1 is 1.38 bits per heavy atom. The molecule has 0 atom stereocenters. The largest absolute Gasteiger partial charge is 0.395 e. The lowest BCUT2D eigenvalue weighted by Gasteiger charge is -2.20. The highest BCUT2D eigenvalue weighted by Gasteiger charge is 2.20. The van der Waals surface area contributed by atoms with Gasteiger partial charge in [0.05, 0.1) is 18.8 Å². The van der Waals surface area contributed by atoms with Crippen molar-refractivity contribution in [2.75, 3.05) is 32.9 Å². The van der Waals surface area contributed by atoms with Crippen LogP contribution in [-0.2, 0) is 4.74 Å². The molecule has 1 N–H and O–H groups in total. The van der Waals surface area contributed by atoms with Crippen LogP contribution in [-0.4, -0.2) is 48.8 Å². The molecular weight excluding hydrogens is 273 g/mol. The minimum atomic E-state index is -0.461. The van der Waals surface area contributed by atoms with Crippen LogP contribution in [0.1, 0.15) is 28.8 Å². The van der Waals surface area contributed by atoms with Crippen LogP contribution >= 0.6 is 0 Å². The predicted molar refractivity (Wildman–Crippen MR) is 76.3 cm³/mol. The van der Waals surface area contributed by atoms with E-state index in [2.05, 4.69) is 11.8 Å². The number of carbonyl (C=O) groups excluding carboxylic acids is 1. The lowest BCUT2D eigenvalue weighted by atomic mass is 10.1. The summed E-state index contributed by atoms with van der Waals surface area (Å²) in [6, 6.07) is 4.00. The van der Waals surface area contributed by atoms with Gasteiger partial charge in [0, 0.05) is 31.7 Å². The zero-order valence-corrected chi connectivity index (χ0v) is 11.8. The highest BCUT2D eigenvalue weighted by Crippen LogP contribution is 2.14. The van der Waals surface area contributed by atoms with Crippen molar-refractivity contribution in [2.24, 2.45) is 0 Å². The second-order valence-corrected chi connectivity index (χ2v) is 4.72. The fourth-order valence-electron chi connectivity index (χ4n) is 2.14. The predicted octanol–water partition coefficient (Wildman–Crippen LogP) is 1.42. The van der Waals surface area contributed by atoms with Crippen LogP contribution in [0.3, 0.4) is 0 Å². The summed E-state index contributed by atoms with van der Waals surface area (Å²) in [5.41, 5.74) is 0.752. The Hall–Kier alpha value is -1.90. The van der Waals surface area contributed by atoms with Crippen LogP contribution in [0.15, 0.2) is 18.2 Å². The maximum atomic E-state index is 13.5. The van der Waals surface area contributed by atoms with Crippen molar-refractivity contribution in [1.29, 1.82) is 0 Å². The molecule has 1 aromatic rings. The minimum absolute atomic E-state index is 0.0407. The molecule has 1 aliphatic heterocycles. The number of rotatable bonds is 2. The lowest BCUT2D eigenvalue weighted by Crippen LogP contribution is -2.33. The van der Waals surface area contributed by atoms with Crippen LogP contribution in [0, 0.1) is 17.7 Å². The summed E-state index contributed by atoms with van der Waals surface area (Å²) in [4.78, 5) is 14.2. The van der Waals surface area contributed by atoms with Gasteiger partial charge in [-0.15, -0.1) is 0 Å². The molecular formula is C16H18FNO3. The van der Waals surface area contributed by atoms with Crippen LogP contribution in [0.4, 0.5) is 4.39 Å². The highest BCUT2D eigenvalue weighted by molar-refractivity contribution is 5.96. The van der Waals surface area contributed by atoms with E-state index in [4.69, 9.17) is 9.84 Å². The Bertz CT molecular complexity index is 554. The van der Waals surface area contributed by atoms with Gasteiger partial charge in [-0.1, -0.05) is 11.8 Å². The van der Waals surface area contributed by atoms with E-state index in [9.17, 15) is 9.18 Å². The Morgan fingerprint density at radius 2 is 2.24 bits per heavy atom. The number of amides is 1. The molecule has 1 saturated heterocycles. The summed E-state index contributed by atoms with van der Waals surface area (Å²) in [7, 11) is 0. The van der Waals surface area contributed by atoms with Crippen molar-refractivity contribution >= 4 is 5.91 Å². The quantitative estimate of drug-likeness (QED) is 0.839. The molecule has 0 aromatic heterocycles. The maximum Gasteiger partial charge on any atom is 0.255 e. The van der Waals surface area contributed by atoms with E-state index in [1.807, 2.05) is 0 Å². The van der Waals surface area contributed by atoms with Gasteiger partial charge in [0.1, 0.15) is 5.82 Å². The molecule has 0 spiro atoms. The van der Waals surface area contributed by atoms with E-state index >= 15 is 0 Å². The van der Waals surface area contributed by atoms with Gasteiger partial charge in [0.15, 0.2) is 0 Å². The molecule has 1 amide bonds. The standard InChI is InChI=1S/C16H18FNO3/c17-14-6-5-13(4-1-2-9-19)15(12-14)16(20)18-7-3-10-21-11-8-18/h5-6,12,19H,2-3,7-11H2. The van der Waals surface area contributed by atoms with Gasteiger partial charge in [-0.3, -0.25) is 4.79 Å². The average Bonchev–Trinajstić information content (AvgIpc) is 2.77. The third kappa shape index (κ3) is 4.28. The van der Waals surface area contributed by atoms with Crippen LogP contribution in [0.2, 0.25) is 0 Å². The first-order valence-electron chi connectivity index (χ1n) is 6.98. The van der Waals surface area contributed by atoms with Crippen molar-refractivity contribution < 1.29 is 19.0 Å². The number of nitrogens with zero attached hydrogens (tertiary/aromatic N) is 1. The normalized spacial score (nSPS) is 15.0. The fraction of sp³-hybridized carbons (Fsp3) is 0.438. The SMILES string of the molecule is O=C(c1cc(F)ccc1C#CCCO)N1CCCOCC1. The molecule has 5 heteroatoms. The van der Waals surface area contributed by atoms with Gasteiger partial charge in [0.25, 0.3) is 5.91 Å². The Morgan fingerprint density at radius 3 is 3.05 bits per heavy atom. The van der Waals surface area contributed by atoms with Gasteiger partial charge in [-0.05, 0) is 24.6 Å². The Balaban J connectivity index is 2.26. The average molecular weight is 291 g/mol. The van der Waals surface area contributed by atoms with Crippen molar-refractivity contribution in [3.05, 3.63) is 35.1 Å². The van der Waals surface area contributed by atoms with Gasteiger partial charge in [0.2, 0.25) is 0 Å². The summed E-state index contributed by atoms with van der Waals surface area (Å²) >= 11 is 0. The summed E-state index contributed by atoms with van der Waals surface area (Å²) in [6.45, 7) is 2.18. The van der Waals surface area contributed by atoms with E-state index in [0.717, 1.165) is 6.42 Å². The van der Waals surface area contributed by atoms with Crippen molar-refractivity contribution in [3.8, 4) is 11.8 Å². The molecule has 0 radical (unpaired) electrons. The lowest BCUT2D eigenvalue weighted by molar-refractivity contribution is 0.0740. The zero-order valence-electron chi connectivity index (χ0n) is 11.8. The minimum Gasteiger partial charge on any atom is -0.395 e. The number of hydrogen-bond donors (Lipinski definition) is 1. The van der Waals surface area contributed by atoms with Crippen molar-refractivity contribution in [3.63, 3.8) is 0 Å². The number of ether oxygens (including phenoxy) is 1. The second kappa shape index (κ2) is 7.77. The van der Waals surface area contributed by atoms with Crippen LogP contribution < -0.4 is 0 Å². The van der Waals surface area contributed by atoms with Crippen molar-refractivity contribution in [1.82, 2.24) is 4.90 Å². The highest BCUT2D eigenvalue weighted by atomic mass is 19.1. The first-order chi connectivity index (χ1) is 10.2. The number of benzene rings is 1. The molecule has 1 aromatic carbocycles. The maximum absolute atomic E-state index is 13.5. The molecule has 0 unspecified atom stereocenters. The zero-order chi connectivity index (χ0) is 15.1. The van der Waals surface area contributed by atoms with Crippen LogP contribution in [0.25, 0.3) is 0 Å². The summed E-state index contributed by atoms with van der Waals surface area (Å²) in [5.74, 6) is 4.90. The second-order valence-electron chi connectivity index (χ2n) is 4.72. The van der Waals surface area contributed by atoms with Gasteiger partial charge >= 0.3 is 0 Å². The molecule has 21 heavy (non-hydrogen) atoms. The third-order valence-corrected chi connectivity index (χ3v) is 3.18. The summed E-state index contributed by atoms with van der Waals surface area (Å²) < 4.78 is 18.8. The molecule has 0 bridgehead atoms. The molecule has 0 saturated carbocycles. The smallest absolute Gasteiger partial charge is 0.255 e. The first kappa shape index (κ1) is 15.5. The molecule has 1 heterocycles. The monoisotopic (exact) mass is 291 g/mol. The van der Waals surface area contributed by atoms with Gasteiger partial charge < -0.3 is 14.7 Å². The Labute approximate surface area is 123 Å². The summed E-state index contributed by atoms with van der Waals surface area (Å²) in [6.07, 6.45) is 1.09. The number of aliphatic hydroxyl groups excluding tert-OH is 1. The fourth-order valence-corrected chi connectivity index (χ4v) is 2.14. The molecule has 1 fully saturated rings. The number of halogens is 1. The number of aliphatic hydroxyl groups is 1. The van der Waals surface area contributed by atoms with E-state index in [0.29, 0.717) is 38.3 Å².